The molecule has 1 saturated heterocycles. The van der Waals surface area contributed by atoms with Crippen LogP contribution in [0, 0.1) is 0 Å². The first kappa shape index (κ1) is 23.3. The highest BCUT2D eigenvalue weighted by molar-refractivity contribution is 6.07. The predicted octanol–water partition coefficient (Wildman–Crippen LogP) is 4.36. The molecule has 0 bridgehead atoms. The number of anilines is 1. The van der Waals surface area contributed by atoms with E-state index >= 15 is 0 Å². The number of carbonyl (C=O) groups is 3. The summed E-state index contributed by atoms with van der Waals surface area (Å²) in [6.45, 7) is 1.34. The topological polar surface area (TPSA) is 79.0 Å². The van der Waals surface area contributed by atoms with Crippen molar-refractivity contribution in [3.05, 3.63) is 71.8 Å². The number of nitrogens with zero attached hydrogens (tertiary/aromatic N) is 2. The van der Waals surface area contributed by atoms with Crippen LogP contribution in [0.5, 0.6) is 5.75 Å². The molecule has 0 spiro atoms. The smallest absolute Gasteiger partial charge is 0.406 e. The van der Waals surface area contributed by atoms with Gasteiger partial charge in [-0.05, 0) is 42.7 Å². The maximum Gasteiger partial charge on any atom is 0.573 e. The van der Waals surface area contributed by atoms with Gasteiger partial charge in [0.15, 0.2) is 5.78 Å². The van der Waals surface area contributed by atoms with E-state index < -0.39 is 17.9 Å². The molecule has 3 amide bonds. The standard InChI is InChI=1S/C24H22F3N3O4/c25-24(26,27)34-19-6-3-5-16(14-19)21(31)8-9-22(32)29-12-10-18(11-13-29)30-15-17-4-1-2-7-20(17)28-23(30)33/h1-9,14,18H,10-13,15H2,(H,28,33)/b9-8+. The lowest BCUT2D eigenvalue weighted by Gasteiger charge is -2.40. The van der Waals surface area contributed by atoms with Gasteiger partial charge in [0.1, 0.15) is 5.75 Å². The van der Waals surface area contributed by atoms with Crippen LogP contribution >= 0.6 is 0 Å². The number of urea groups is 1. The number of hydrogen-bond acceptors (Lipinski definition) is 4. The number of fused-ring (bicyclic) bond motifs is 1. The van der Waals surface area contributed by atoms with Crippen molar-refractivity contribution in [2.75, 3.05) is 18.4 Å². The molecule has 2 aliphatic rings. The zero-order valence-corrected chi connectivity index (χ0v) is 18.0. The minimum Gasteiger partial charge on any atom is -0.406 e. The number of likely N-dealkylation sites (tertiary alicyclic amines) is 1. The van der Waals surface area contributed by atoms with Crippen LogP contribution in [0.4, 0.5) is 23.7 Å². The molecule has 0 aliphatic carbocycles. The van der Waals surface area contributed by atoms with Gasteiger partial charge in [-0.15, -0.1) is 13.2 Å². The van der Waals surface area contributed by atoms with Crippen molar-refractivity contribution in [3.8, 4) is 5.75 Å². The van der Waals surface area contributed by atoms with E-state index in [0.717, 1.165) is 35.5 Å². The fourth-order valence-corrected chi connectivity index (χ4v) is 4.11. The lowest BCUT2D eigenvalue weighted by molar-refractivity contribution is -0.274. The molecule has 4 rings (SSSR count). The van der Waals surface area contributed by atoms with Crippen molar-refractivity contribution in [1.82, 2.24) is 9.80 Å². The maximum atomic E-state index is 12.5. The summed E-state index contributed by atoms with van der Waals surface area (Å²) in [4.78, 5) is 40.7. The van der Waals surface area contributed by atoms with Crippen LogP contribution in [0.25, 0.3) is 0 Å². The Hall–Kier alpha value is -3.82. The first-order valence-electron chi connectivity index (χ1n) is 10.7. The van der Waals surface area contributed by atoms with Crippen molar-refractivity contribution in [2.24, 2.45) is 0 Å². The molecule has 0 atom stereocenters. The Bertz CT molecular complexity index is 1120. The molecule has 1 fully saturated rings. The van der Waals surface area contributed by atoms with Crippen LogP contribution in [0.1, 0.15) is 28.8 Å². The van der Waals surface area contributed by atoms with Gasteiger partial charge in [-0.2, -0.15) is 0 Å². The summed E-state index contributed by atoms with van der Waals surface area (Å²) in [6.07, 6.45) is -1.52. The Morgan fingerprint density at radius 3 is 2.50 bits per heavy atom. The lowest BCUT2D eigenvalue weighted by atomic mass is 10.0. The summed E-state index contributed by atoms with van der Waals surface area (Å²) in [5.41, 5.74) is 1.81. The fraction of sp³-hybridized carbons (Fsp3) is 0.292. The summed E-state index contributed by atoms with van der Waals surface area (Å²) in [5, 5.41) is 2.89. The van der Waals surface area contributed by atoms with E-state index in [1.807, 2.05) is 24.3 Å². The second-order valence-electron chi connectivity index (χ2n) is 8.04. The molecule has 10 heteroatoms. The molecule has 34 heavy (non-hydrogen) atoms. The second-order valence-corrected chi connectivity index (χ2v) is 8.04. The number of benzene rings is 2. The van der Waals surface area contributed by atoms with Crippen LogP contribution in [0.15, 0.2) is 60.7 Å². The molecule has 0 aromatic heterocycles. The van der Waals surface area contributed by atoms with Gasteiger partial charge < -0.3 is 19.9 Å². The highest BCUT2D eigenvalue weighted by atomic mass is 19.4. The van der Waals surface area contributed by atoms with Gasteiger partial charge in [0.2, 0.25) is 5.91 Å². The molecule has 2 heterocycles. The Labute approximate surface area is 193 Å². The summed E-state index contributed by atoms with van der Waals surface area (Å²) in [6, 6.07) is 12.1. The van der Waals surface area contributed by atoms with Gasteiger partial charge in [-0.25, -0.2) is 4.79 Å². The van der Waals surface area contributed by atoms with Gasteiger partial charge >= 0.3 is 12.4 Å². The van der Waals surface area contributed by atoms with Gasteiger partial charge in [0.05, 0.1) is 0 Å². The number of ketones is 1. The third-order valence-corrected chi connectivity index (χ3v) is 5.81. The Balaban J connectivity index is 1.31. The Morgan fingerprint density at radius 1 is 1.03 bits per heavy atom. The van der Waals surface area contributed by atoms with Gasteiger partial charge in [0, 0.05) is 43.0 Å². The van der Waals surface area contributed by atoms with Crippen molar-refractivity contribution in [1.29, 1.82) is 0 Å². The van der Waals surface area contributed by atoms with Crippen molar-refractivity contribution >= 4 is 23.4 Å². The molecular weight excluding hydrogens is 451 g/mol. The Kier molecular flexibility index (Phi) is 6.58. The van der Waals surface area contributed by atoms with E-state index in [1.165, 1.54) is 12.1 Å². The molecule has 2 aromatic carbocycles. The van der Waals surface area contributed by atoms with Crippen molar-refractivity contribution < 1.29 is 32.3 Å². The van der Waals surface area contributed by atoms with Crippen LogP contribution < -0.4 is 10.1 Å². The number of allylic oxidation sites excluding steroid dienone is 1. The number of piperidine rings is 1. The number of halogens is 3. The first-order valence-corrected chi connectivity index (χ1v) is 10.7. The molecule has 2 aromatic rings. The zero-order chi connectivity index (χ0) is 24.3. The zero-order valence-electron chi connectivity index (χ0n) is 18.0. The van der Waals surface area contributed by atoms with E-state index in [4.69, 9.17) is 0 Å². The van der Waals surface area contributed by atoms with E-state index in [0.29, 0.717) is 32.5 Å². The summed E-state index contributed by atoms with van der Waals surface area (Å²) < 4.78 is 40.9. The third kappa shape index (κ3) is 5.56. The number of carbonyl (C=O) groups excluding carboxylic acids is 3. The van der Waals surface area contributed by atoms with Crippen molar-refractivity contribution in [3.63, 3.8) is 0 Å². The second kappa shape index (κ2) is 9.58. The van der Waals surface area contributed by atoms with Crippen molar-refractivity contribution in [2.45, 2.75) is 31.8 Å². The average molecular weight is 473 g/mol. The van der Waals surface area contributed by atoms with E-state index in [9.17, 15) is 27.6 Å². The quantitative estimate of drug-likeness (QED) is 0.517. The minimum atomic E-state index is -4.86. The summed E-state index contributed by atoms with van der Waals surface area (Å²) >= 11 is 0. The SMILES string of the molecule is O=C(/C=C/C(=O)N1CCC(N2Cc3ccccc3NC2=O)CC1)c1cccc(OC(F)(F)F)c1. The fourth-order valence-electron chi connectivity index (χ4n) is 4.11. The lowest BCUT2D eigenvalue weighted by Crippen LogP contribution is -2.50. The molecule has 0 unspecified atom stereocenters. The minimum absolute atomic E-state index is 0.0145. The normalized spacial score (nSPS) is 16.9. The van der Waals surface area contributed by atoms with Crippen LogP contribution in [-0.2, 0) is 11.3 Å². The average Bonchev–Trinajstić information content (AvgIpc) is 2.81. The molecule has 0 saturated carbocycles. The van der Waals surface area contributed by atoms with Crippen LogP contribution in [-0.4, -0.2) is 53.0 Å². The molecule has 2 aliphatic heterocycles. The maximum absolute atomic E-state index is 12.5. The monoisotopic (exact) mass is 473 g/mol. The van der Waals surface area contributed by atoms with E-state index in [1.54, 1.807) is 9.80 Å². The number of alkyl halides is 3. The predicted molar refractivity (Wildman–Crippen MR) is 117 cm³/mol. The highest BCUT2D eigenvalue weighted by Gasteiger charge is 2.33. The Morgan fingerprint density at radius 2 is 1.76 bits per heavy atom. The number of nitrogens with one attached hydrogen (secondary N) is 1. The molecular formula is C24H22F3N3O4. The number of amides is 3. The van der Waals surface area contributed by atoms with Crippen LogP contribution in [0.2, 0.25) is 0 Å². The molecule has 7 nitrogen and oxygen atoms in total. The molecule has 1 N–H and O–H groups in total. The number of para-hydroxylation sites is 1. The van der Waals surface area contributed by atoms with Gasteiger partial charge in [-0.3, -0.25) is 9.59 Å². The largest absolute Gasteiger partial charge is 0.573 e. The van der Waals surface area contributed by atoms with E-state index in [-0.39, 0.29) is 23.5 Å². The van der Waals surface area contributed by atoms with Gasteiger partial charge in [0.25, 0.3) is 0 Å². The number of hydrogen-bond donors (Lipinski definition) is 1. The van der Waals surface area contributed by atoms with E-state index in [2.05, 4.69) is 10.1 Å². The summed E-state index contributed by atoms with van der Waals surface area (Å²) in [7, 11) is 0. The molecule has 0 radical (unpaired) electrons. The third-order valence-electron chi connectivity index (χ3n) is 5.81. The van der Waals surface area contributed by atoms with Crippen LogP contribution in [0.3, 0.4) is 0 Å². The highest BCUT2D eigenvalue weighted by Crippen LogP contribution is 2.28. The number of rotatable bonds is 5. The molecule has 178 valence electrons. The summed E-state index contributed by atoms with van der Waals surface area (Å²) in [5.74, 6) is -1.49. The first-order chi connectivity index (χ1) is 16.2. The number of ether oxygens (including phenoxy) is 1. The van der Waals surface area contributed by atoms with Gasteiger partial charge in [-0.1, -0.05) is 30.3 Å².